The van der Waals surface area contributed by atoms with E-state index in [-0.39, 0.29) is 11.5 Å². The molecule has 1 amide bonds. The zero-order chi connectivity index (χ0) is 20.5. The molecule has 2 heterocycles. The van der Waals surface area contributed by atoms with Crippen molar-refractivity contribution >= 4 is 45.2 Å². The molecule has 146 valence electrons. The number of nitrogens with zero attached hydrogens (tertiary/aromatic N) is 2. The zero-order valence-corrected chi connectivity index (χ0v) is 16.6. The zero-order valence-electron chi connectivity index (χ0n) is 15.8. The van der Waals surface area contributed by atoms with Crippen molar-refractivity contribution in [1.29, 1.82) is 0 Å². The molecule has 8 heteroatoms. The fraction of sp³-hybridized carbons (Fsp3) is 0.143. The summed E-state index contributed by atoms with van der Waals surface area (Å²) in [6.45, 7) is 1.41. The lowest BCUT2D eigenvalue weighted by molar-refractivity contribution is -0.114. The Bertz CT molecular complexity index is 1370. The molecule has 29 heavy (non-hydrogen) atoms. The van der Waals surface area contributed by atoms with E-state index < -0.39 is 5.63 Å². The third kappa shape index (κ3) is 3.79. The van der Waals surface area contributed by atoms with E-state index in [9.17, 15) is 14.4 Å². The Balaban J connectivity index is 1.71. The number of rotatable bonds is 4. The van der Waals surface area contributed by atoms with E-state index in [1.54, 1.807) is 37.4 Å². The first kappa shape index (κ1) is 18.9. The lowest BCUT2D eigenvalue weighted by Crippen LogP contribution is -2.19. The normalized spacial score (nSPS) is 11.1. The van der Waals surface area contributed by atoms with Crippen LogP contribution in [0.5, 0.6) is 0 Å². The summed E-state index contributed by atoms with van der Waals surface area (Å²) >= 11 is 1.37. The van der Waals surface area contributed by atoms with E-state index in [0.29, 0.717) is 33.1 Å². The number of carbonyl (C=O) groups is 1. The van der Waals surface area contributed by atoms with Gasteiger partial charge in [0.15, 0.2) is 5.16 Å². The van der Waals surface area contributed by atoms with E-state index in [4.69, 9.17) is 4.42 Å². The smallest absolute Gasteiger partial charge is 0.336 e. The molecule has 0 saturated heterocycles. The monoisotopic (exact) mass is 407 g/mol. The summed E-state index contributed by atoms with van der Waals surface area (Å²) in [7, 11) is 1.68. The van der Waals surface area contributed by atoms with Gasteiger partial charge in [-0.05, 0) is 29.8 Å². The molecular weight excluding hydrogens is 390 g/mol. The summed E-state index contributed by atoms with van der Waals surface area (Å²) < 4.78 is 6.80. The van der Waals surface area contributed by atoms with Crippen molar-refractivity contribution in [1.82, 2.24) is 9.55 Å². The van der Waals surface area contributed by atoms with Crippen LogP contribution in [0.3, 0.4) is 0 Å². The lowest BCUT2D eigenvalue weighted by atomic mass is 10.1. The number of hydrogen-bond donors (Lipinski definition) is 1. The number of amides is 1. The van der Waals surface area contributed by atoms with E-state index in [1.165, 1.54) is 29.3 Å². The molecule has 4 rings (SSSR count). The van der Waals surface area contributed by atoms with Crippen LogP contribution in [-0.2, 0) is 17.6 Å². The highest BCUT2D eigenvalue weighted by molar-refractivity contribution is 7.98. The van der Waals surface area contributed by atoms with Crippen molar-refractivity contribution in [2.45, 2.75) is 17.8 Å². The average molecular weight is 407 g/mol. The van der Waals surface area contributed by atoms with Crippen molar-refractivity contribution in [3.63, 3.8) is 0 Å². The van der Waals surface area contributed by atoms with Crippen molar-refractivity contribution in [3.8, 4) is 0 Å². The topological polar surface area (TPSA) is 94.2 Å². The number of aromatic nitrogens is 2. The summed E-state index contributed by atoms with van der Waals surface area (Å²) in [5.74, 6) is 0.224. The van der Waals surface area contributed by atoms with Gasteiger partial charge < -0.3 is 9.73 Å². The van der Waals surface area contributed by atoms with Crippen LogP contribution in [0.2, 0.25) is 0 Å². The van der Waals surface area contributed by atoms with Crippen LogP contribution in [0.15, 0.2) is 67.7 Å². The number of anilines is 1. The second-order valence-corrected chi connectivity index (χ2v) is 7.49. The number of para-hydroxylation sites is 1. The van der Waals surface area contributed by atoms with E-state index in [0.717, 1.165) is 10.9 Å². The largest absolute Gasteiger partial charge is 0.423 e. The second-order valence-electron chi connectivity index (χ2n) is 6.55. The highest BCUT2D eigenvalue weighted by Gasteiger charge is 2.12. The van der Waals surface area contributed by atoms with Crippen LogP contribution in [0, 0.1) is 0 Å². The summed E-state index contributed by atoms with van der Waals surface area (Å²) in [6, 6.07) is 13.8. The summed E-state index contributed by atoms with van der Waals surface area (Å²) in [4.78, 5) is 40.4. The first-order valence-electron chi connectivity index (χ1n) is 8.85. The van der Waals surface area contributed by atoms with Gasteiger partial charge in [-0.2, -0.15) is 0 Å². The number of nitrogens with one attached hydrogen (secondary N) is 1. The average Bonchev–Trinajstić information content (AvgIpc) is 2.68. The molecule has 0 spiro atoms. The Labute approximate surface area is 169 Å². The second kappa shape index (κ2) is 7.56. The number of fused-ring (bicyclic) bond motifs is 2. The molecule has 0 atom stereocenters. The Morgan fingerprint density at radius 2 is 1.93 bits per heavy atom. The third-order valence-electron chi connectivity index (χ3n) is 4.45. The van der Waals surface area contributed by atoms with Crippen LogP contribution in [0.1, 0.15) is 12.5 Å². The van der Waals surface area contributed by atoms with Gasteiger partial charge in [0.1, 0.15) is 5.58 Å². The molecule has 0 bridgehead atoms. The Morgan fingerprint density at radius 1 is 1.14 bits per heavy atom. The number of thioether (sulfide) groups is 1. The highest BCUT2D eigenvalue weighted by atomic mass is 32.2. The van der Waals surface area contributed by atoms with Crippen molar-refractivity contribution in [3.05, 3.63) is 74.9 Å². The Kier molecular flexibility index (Phi) is 4.94. The van der Waals surface area contributed by atoms with Gasteiger partial charge in [0.25, 0.3) is 5.56 Å². The van der Waals surface area contributed by atoms with Crippen LogP contribution < -0.4 is 16.5 Å². The maximum atomic E-state index is 12.6. The van der Waals surface area contributed by atoms with Crippen LogP contribution in [0.4, 0.5) is 5.69 Å². The SMILES string of the molecule is CC(=O)Nc1ccc2c(CSc3nc4ccccc4c(=O)n3C)cc(=O)oc2c1. The van der Waals surface area contributed by atoms with Crippen molar-refractivity contribution in [2.24, 2.45) is 7.05 Å². The number of benzene rings is 2. The summed E-state index contributed by atoms with van der Waals surface area (Å²) in [5, 5.41) is 4.56. The van der Waals surface area contributed by atoms with Gasteiger partial charge in [-0.25, -0.2) is 9.78 Å². The summed E-state index contributed by atoms with van der Waals surface area (Å²) in [6.07, 6.45) is 0. The highest BCUT2D eigenvalue weighted by Crippen LogP contribution is 2.27. The molecule has 0 radical (unpaired) electrons. The van der Waals surface area contributed by atoms with Crippen LogP contribution >= 0.6 is 11.8 Å². The van der Waals surface area contributed by atoms with Crippen molar-refractivity contribution in [2.75, 3.05) is 5.32 Å². The molecule has 0 aliphatic rings. The molecule has 0 fully saturated rings. The fourth-order valence-corrected chi connectivity index (χ4v) is 4.06. The predicted octanol–water partition coefficient (Wildman–Crippen LogP) is 3.29. The standard InChI is InChI=1S/C21H17N3O4S/c1-12(25)22-14-7-8-15-13(9-19(26)28-18(15)10-14)11-29-21-23-17-6-4-3-5-16(17)20(27)24(21)2/h3-10H,11H2,1-2H3,(H,22,25). The minimum Gasteiger partial charge on any atom is -0.423 e. The Hall–Kier alpha value is -3.39. The van der Waals surface area contributed by atoms with Crippen LogP contribution in [0.25, 0.3) is 21.9 Å². The molecule has 0 aliphatic heterocycles. The molecule has 7 nitrogen and oxygen atoms in total. The third-order valence-corrected chi connectivity index (χ3v) is 5.53. The van der Waals surface area contributed by atoms with Gasteiger partial charge in [0, 0.05) is 42.9 Å². The number of hydrogen-bond acceptors (Lipinski definition) is 6. The first-order chi connectivity index (χ1) is 13.9. The first-order valence-corrected chi connectivity index (χ1v) is 9.84. The predicted molar refractivity (Wildman–Crippen MR) is 113 cm³/mol. The maximum Gasteiger partial charge on any atom is 0.336 e. The van der Waals surface area contributed by atoms with Gasteiger partial charge in [-0.15, -0.1) is 0 Å². The maximum absolute atomic E-state index is 12.6. The molecular formula is C21H17N3O4S. The van der Waals surface area contributed by atoms with E-state index in [1.807, 2.05) is 12.1 Å². The molecule has 1 N–H and O–H groups in total. The number of carbonyl (C=O) groups excluding carboxylic acids is 1. The van der Waals surface area contributed by atoms with Gasteiger partial charge in [0.05, 0.1) is 10.9 Å². The summed E-state index contributed by atoms with van der Waals surface area (Å²) in [5.41, 5.74) is 1.74. The van der Waals surface area contributed by atoms with Crippen molar-refractivity contribution < 1.29 is 9.21 Å². The van der Waals surface area contributed by atoms with Crippen LogP contribution in [-0.4, -0.2) is 15.5 Å². The lowest BCUT2D eigenvalue weighted by Gasteiger charge is -2.10. The Morgan fingerprint density at radius 3 is 2.72 bits per heavy atom. The fourth-order valence-electron chi connectivity index (χ4n) is 3.10. The minimum atomic E-state index is -0.478. The quantitative estimate of drug-likeness (QED) is 0.317. The van der Waals surface area contributed by atoms with E-state index in [2.05, 4.69) is 10.3 Å². The minimum absolute atomic E-state index is 0.115. The molecule has 0 unspecified atom stereocenters. The van der Waals surface area contributed by atoms with Gasteiger partial charge in [0.2, 0.25) is 5.91 Å². The molecule has 0 aliphatic carbocycles. The van der Waals surface area contributed by atoms with Gasteiger partial charge >= 0.3 is 5.63 Å². The van der Waals surface area contributed by atoms with E-state index >= 15 is 0 Å². The van der Waals surface area contributed by atoms with Gasteiger partial charge in [-0.3, -0.25) is 14.2 Å². The van der Waals surface area contributed by atoms with Gasteiger partial charge in [-0.1, -0.05) is 23.9 Å². The molecule has 0 saturated carbocycles. The molecule has 4 aromatic rings. The molecule has 2 aromatic carbocycles. The molecule has 2 aromatic heterocycles.